The summed E-state index contributed by atoms with van der Waals surface area (Å²) >= 11 is 0. The molecular weight excluding hydrogens is 249 g/mol. The summed E-state index contributed by atoms with van der Waals surface area (Å²) in [7, 11) is 0. The minimum Gasteiger partial charge on any atom is -0.292 e. The van der Waals surface area contributed by atoms with Crippen molar-refractivity contribution in [2.24, 2.45) is 5.84 Å². The van der Waals surface area contributed by atoms with Gasteiger partial charge in [0.25, 0.3) is 0 Å². The SMILES string of the molecule is Cc1cc(-n2cc(C(F)(F)F)cn2)nc(NN)n1. The molecule has 0 aromatic carbocycles. The molecule has 0 aliphatic heterocycles. The molecule has 0 atom stereocenters. The Labute approximate surface area is 99.6 Å². The molecule has 2 aromatic heterocycles. The number of anilines is 1. The molecule has 3 N–H and O–H groups in total. The molecule has 9 heteroatoms. The van der Waals surface area contributed by atoms with Gasteiger partial charge in [-0.2, -0.15) is 23.3 Å². The van der Waals surface area contributed by atoms with Crippen LogP contribution in [0.1, 0.15) is 11.3 Å². The third kappa shape index (κ3) is 2.40. The number of halogens is 3. The number of alkyl halides is 3. The number of nitrogens with zero attached hydrogens (tertiary/aromatic N) is 4. The van der Waals surface area contributed by atoms with Crippen LogP contribution < -0.4 is 11.3 Å². The summed E-state index contributed by atoms with van der Waals surface area (Å²) < 4.78 is 38.3. The first-order valence-corrected chi connectivity index (χ1v) is 4.84. The second-order valence-corrected chi connectivity index (χ2v) is 3.51. The van der Waals surface area contributed by atoms with Crippen LogP contribution in [-0.4, -0.2) is 19.7 Å². The lowest BCUT2D eigenvalue weighted by atomic mass is 10.3. The normalized spacial score (nSPS) is 11.6. The molecule has 0 aliphatic rings. The molecule has 2 heterocycles. The summed E-state index contributed by atoms with van der Waals surface area (Å²) in [5.41, 5.74) is 1.94. The maximum Gasteiger partial charge on any atom is 0.419 e. The molecule has 96 valence electrons. The molecule has 0 amide bonds. The Morgan fingerprint density at radius 3 is 2.61 bits per heavy atom. The number of hydrogen-bond donors (Lipinski definition) is 2. The van der Waals surface area contributed by atoms with Crippen molar-refractivity contribution < 1.29 is 13.2 Å². The highest BCUT2D eigenvalue weighted by Gasteiger charge is 2.32. The summed E-state index contributed by atoms with van der Waals surface area (Å²) in [6.07, 6.45) is -2.86. The van der Waals surface area contributed by atoms with E-state index in [2.05, 4.69) is 20.5 Å². The number of nitrogens with two attached hydrogens (primary N) is 1. The molecule has 0 saturated heterocycles. The molecule has 2 rings (SSSR count). The van der Waals surface area contributed by atoms with Gasteiger partial charge in [0.2, 0.25) is 5.95 Å². The highest BCUT2D eigenvalue weighted by molar-refractivity contribution is 5.33. The van der Waals surface area contributed by atoms with Crippen LogP contribution in [0.3, 0.4) is 0 Å². The van der Waals surface area contributed by atoms with Gasteiger partial charge in [-0.25, -0.2) is 15.5 Å². The molecule has 0 spiro atoms. The van der Waals surface area contributed by atoms with Crippen molar-refractivity contribution in [1.29, 1.82) is 0 Å². The molecule has 0 bridgehead atoms. The first-order valence-electron chi connectivity index (χ1n) is 4.84. The summed E-state index contributed by atoms with van der Waals surface area (Å²) in [6, 6.07) is 1.49. The largest absolute Gasteiger partial charge is 0.419 e. The molecule has 2 aromatic rings. The van der Waals surface area contributed by atoms with Gasteiger partial charge in [0.1, 0.15) is 0 Å². The number of nitrogen functional groups attached to an aromatic ring is 1. The lowest BCUT2D eigenvalue weighted by Gasteiger charge is -2.05. The summed E-state index contributed by atoms with van der Waals surface area (Å²) in [5.74, 6) is 5.46. The van der Waals surface area contributed by atoms with Crippen LogP contribution in [-0.2, 0) is 6.18 Å². The maximum atomic E-state index is 12.4. The topological polar surface area (TPSA) is 81.7 Å². The van der Waals surface area contributed by atoms with Crippen molar-refractivity contribution in [2.75, 3.05) is 5.43 Å². The van der Waals surface area contributed by atoms with Gasteiger partial charge >= 0.3 is 6.18 Å². The van der Waals surface area contributed by atoms with E-state index in [0.29, 0.717) is 5.69 Å². The Kier molecular flexibility index (Phi) is 2.91. The van der Waals surface area contributed by atoms with Crippen molar-refractivity contribution in [3.63, 3.8) is 0 Å². The van der Waals surface area contributed by atoms with Crippen LogP contribution in [0.25, 0.3) is 5.82 Å². The van der Waals surface area contributed by atoms with E-state index >= 15 is 0 Å². The van der Waals surface area contributed by atoms with Crippen molar-refractivity contribution in [3.05, 3.63) is 29.7 Å². The average Bonchev–Trinajstić information content (AvgIpc) is 2.77. The maximum absolute atomic E-state index is 12.4. The second-order valence-electron chi connectivity index (χ2n) is 3.51. The van der Waals surface area contributed by atoms with E-state index in [4.69, 9.17) is 5.84 Å². The average molecular weight is 258 g/mol. The highest BCUT2D eigenvalue weighted by atomic mass is 19.4. The van der Waals surface area contributed by atoms with Gasteiger partial charge in [-0.15, -0.1) is 0 Å². The monoisotopic (exact) mass is 258 g/mol. The van der Waals surface area contributed by atoms with Crippen molar-refractivity contribution >= 4 is 5.95 Å². The standard InChI is InChI=1S/C9H9F3N6/c1-5-2-7(16-8(15-5)17-13)18-4-6(3-14-18)9(10,11)12/h2-4H,13H2,1H3,(H,15,16,17). The molecular formula is C9H9F3N6. The molecule has 0 aliphatic carbocycles. The molecule has 0 fully saturated rings. The van der Waals surface area contributed by atoms with E-state index in [9.17, 15) is 13.2 Å². The third-order valence-corrected chi connectivity index (χ3v) is 2.11. The Morgan fingerprint density at radius 2 is 2.06 bits per heavy atom. The van der Waals surface area contributed by atoms with E-state index in [-0.39, 0.29) is 11.8 Å². The first-order chi connectivity index (χ1) is 8.40. The lowest BCUT2D eigenvalue weighted by molar-refractivity contribution is -0.137. The van der Waals surface area contributed by atoms with Crippen molar-refractivity contribution in [3.8, 4) is 5.82 Å². The van der Waals surface area contributed by atoms with Gasteiger partial charge in [0, 0.05) is 18.0 Å². The lowest BCUT2D eigenvalue weighted by Crippen LogP contribution is -2.13. The van der Waals surface area contributed by atoms with E-state index in [1.165, 1.54) is 6.07 Å². The summed E-state index contributed by atoms with van der Waals surface area (Å²) in [6.45, 7) is 1.67. The Bertz CT molecular complexity index is 562. The zero-order valence-electron chi connectivity index (χ0n) is 9.23. The van der Waals surface area contributed by atoms with Gasteiger partial charge in [0.05, 0.1) is 11.8 Å². The Morgan fingerprint density at radius 1 is 1.33 bits per heavy atom. The molecule has 6 nitrogen and oxygen atoms in total. The number of hydrazine groups is 1. The summed E-state index contributed by atoms with van der Waals surface area (Å²) in [5, 5.41) is 3.61. The minimum absolute atomic E-state index is 0.106. The van der Waals surface area contributed by atoms with Crippen LogP contribution in [0.4, 0.5) is 19.1 Å². The number of rotatable bonds is 2. The van der Waals surface area contributed by atoms with Crippen LogP contribution in [0.15, 0.2) is 18.5 Å². The van der Waals surface area contributed by atoms with Crippen molar-refractivity contribution in [2.45, 2.75) is 13.1 Å². The fourth-order valence-electron chi connectivity index (χ4n) is 1.33. The quantitative estimate of drug-likeness (QED) is 0.626. The number of nitrogens with one attached hydrogen (secondary N) is 1. The zero-order chi connectivity index (χ0) is 13.3. The van der Waals surface area contributed by atoms with Gasteiger partial charge in [0.15, 0.2) is 5.82 Å². The van der Waals surface area contributed by atoms with Gasteiger partial charge in [-0.1, -0.05) is 0 Å². The van der Waals surface area contributed by atoms with Crippen LogP contribution in [0, 0.1) is 6.92 Å². The third-order valence-electron chi connectivity index (χ3n) is 2.11. The number of aryl methyl sites for hydroxylation is 1. The van der Waals surface area contributed by atoms with E-state index in [1.54, 1.807) is 6.92 Å². The minimum atomic E-state index is -4.44. The molecule has 0 saturated carbocycles. The van der Waals surface area contributed by atoms with Crippen LogP contribution >= 0.6 is 0 Å². The first kappa shape index (κ1) is 12.3. The van der Waals surface area contributed by atoms with E-state index in [1.807, 2.05) is 0 Å². The highest BCUT2D eigenvalue weighted by Crippen LogP contribution is 2.28. The number of hydrogen-bond acceptors (Lipinski definition) is 5. The fraction of sp³-hybridized carbons (Fsp3) is 0.222. The fourth-order valence-corrected chi connectivity index (χ4v) is 1.33. The van der Waals surface area contributed by atoms with E-state index in [0.717, 1.165) is 17.1 Å². The van der Waals surface area contributed by atoms with E-state index < -0.39 is 11.7 Å². The second kappa shape index (κ2) is 4.26. The molecule has 0 radical (unpaired) electrons. The predicted octanol–water partition coefficient (Wildman–Crippen LogP) is 1.28. The van der Waals surface area contributed by atoms with Gasteiger partial charge < -0.3 is 0 Å². The van der Waals surface area contributed by atoms with Gasteiger partial charge in [-0.3, -0.25) is 5.43 Å². The smallest absolute Gasteiger partial charge is 0.292 e. The van der Waals surface area contributed by atoms with Gasteiger partial charge in [-0.05, 0) is 6.92 Å². The molecule has 18 heavy (non-hydrogen) atoms. The Hall–Kier alpha value is -2.16. The number of aromatic nitrogens is 4. The zero-order valence-corrected chi connectivity index (χ0v) is 9.23. The Balaban J connectivity index is 2.43. The predicted molar refractivity (Wildman–Crippen MR) is 56.7 cm³/mol. The van der Waals surface area contributed by atoms with Crippen molar-refractivity contribution in [1.82, 2.24) is 19.7 Å². The van der Waals surface area contributed by atoms with Crippen LogP contribution in [0.5, 0.6) is 0 Å². The molecule has 0 unspecified atom stereocenters. The summed E-state index contributed by atoms with van der Waals surface area (Å²) in [4.78, 5) is 7.83. The van der Waals surface area contributed by atoms with Crippen LogP contribution in [0.2, 0.25) is 0 Å².